The summed E-state index contributed by atoms with van der Waals surface area (Å²) in [7, 11) is 0. The summed E-state index contributed by atoms with van der Waals surface area (Å²) >= 11 is 0. The molecule has 0 bridgehead atoms. The Morgan fingerprint density at radius 2 is 0.907 bits per heavy atom. The highest BCUT2D eigenvalue weighted by atomic mass is 16.3. The number of rotatable bonds is 25. The van der Waals surface area contributed by atoms with Crippen molar-refractivity contribution >= 4 is 65.0 Å². The van der Waals surface area contributed by atoms with Gasteiger partial charge in [0.05, 0.1) is 12.2 Å². The van der Waals surface area contributed by atoms with Crippen LogP contribution in [-0.4, -0.2) is 181 Å². The van der Waals surface area contributed by atoms with Crippen LogP contribution in [0.15, 0.2) is 140 Å². The van der Waals surface area contributed by atoms with Gasteiger partial charge >= 0.3 is 0 Å². The number of hydrogen-bond donors (Lipinski definition) is 18. The Labute approximate surface area is 562 Å². The predicted molar refractivity (Wildman–Crippen MR) is 361 cm³/mol. The number of aliphatic hydroxyl groups excluding tert-OH is 2. The number of hydrogen-bond acceptors (Lipinski definition) is 18. The van der Waals surface area contributed by atoms with Crippen LogP contribution in [0.1, 0.15) is 79.9 Å². The molecule has 29 nitrogen and oxygen atoms in total. The summed E-state index contributed by atoms with van der Waals surface area (Å²) in [6.07, 6.45) is -4.96. The van der Waals surface area contributed by atoms with Gasteiger partial charge in [0.1, 0.15) is 60.4 Å². The molecule has 6 rings (SSSR count). The van der Waals surface area contributed by atoms with Gasteiger partial charge in [0.15, 0.2) is 0 Å². The first-order valence-corrected chi connectivity index (χ1v) is 32.1. The van der Waals surface area contributed by atoms with E-state index < -0.39 is 151 Å². The van der Waals surface area contributed by atoms with Gasteiger partial charge in [-0.15, -0.1) is 0 Å². The zero-order valence-electron chi connectivity index (χ0n) is 54.2. The molecule has 1 aliphatic rings. The maximum absolute atomic E-state index is 14.9. The van der Waals surface area contributed by atoms with Crippen LogP contribution >= 0.6 is 0 Å². The first-order valence-electron chi connectivity index (χ1n) is 32.1. The van der Waals surface area contributed by atoms with Crippen molar-refractivity contribution < 1.29 is 63.0 Å². The van der Waals surface area contributed by atoms with Crippen LogP contribution in [0.3, 0.4) is 0 Å². The van der Waals surface area contributed by atoms with E-state index in [1.165, 1.54) is 13.8 Å². The highest BCUT2D eigenvalue weighted by Crippen LogP contribution is 2.24. The summed E-state index contributed by atoms with van der Waals surface area (Å²) in [5.41, 5.74) is 34.1. The highest BCUT2D eigenvalue weighted by molar-refractivity contribution is 6.01. The van der Waals surface area contributed by atoms with Gasteiger partial charge in [-0.25, -0.2) is 0 Å². The van der Waals surface area contributed by atoms with Crippen molar-refractivity contribution in [3.8, 4) is 22.3 Å². The van der Waals surface area contributed by atoms with Gasteiger partial charge in [0.25, 0.3) is 5.91 Å². The van der Waals surface area contributed by atoms with Crippen molar-refractivity contribution in [1.29, 1.82) is 0 Å². The van der Waals surface area contributed by atoms with Crippen LogP contribution in [0.25, 0.3) is 22.3 Å². The molecular formula is C68H90N16O13. The third kappa shape index (κ3) is 22.8. The summed E-state index contributed by atoms with van der Waals surface area (Å²) < 4.78 is 0. The molecule has 29 heteroatoms. The van der Waals surface area contributed by atoms with Crippen LogP contribution in [-0.2, 0) is 54.4 Å². The summed E-state index contributed by atoms with van der Waals surface area (Å²) in [5.74, 6) is -10.4. The van der Waals surface area contributed by atoms with Crippen LogP contribution in [0, 0.1) is 0 Å². The lowest BCUT2D eigenvalue weighted by Crippen LogP contribution is -2.62. The number of benzene rings is 5. The molecule has 23 N–H and O–H groups in total. The van der Waals surface area contributed by atoms with Crippen LogP contribution < -0.4 is 87.2 Å². The smallest absolute Gasteiger partial charge is 0.251 e. The van der Waals surface area contributed by atoms with Crippen molar-refractivity contribution in [3.63, 3.8) is 0 Å². The molecule has 1 heterocycles. The number of carbonyl (C=O) groups is 11. The van der Waals surface area contributed by atoms with Gasteiger partial charge < -0.3 is 97.4 Å². The zero-order chi connectivity index (χ0) is 70.6. The number of aliphatic hydroxyl groups is 2. The molecule has 1 aliphatic heterocycles. The topological polar surface area (TPSA) is 491 Å². The van der Waals surface area contributed by atoms with E-state index in [0.29, 0.717) is 5.56 Å². The fourth-order valence-corrected chi connectivity index (χ4v) is 10.6. The molecule has 11 amide bonds. The molecule has 520 valence electrons. The Kier molecular flexibility index (Phi) is 30.2. The number of nitrogens with one attached hydrogen (secondary N) is 11. The molecular weight excluding hydrogens is 1250 g/mol. The first kappa shape index (κ1) is 76.0. The van der Waals surface area contributed by atoms with E-state index in [4.69, 9.17) is 28.7 Å². The van der Waals surface area contributed by atoms with Crippen LogP contribution in [0.4, 0.5) is 0 Å². The molecule has 0 radical (unpaired) electrons. The average molecular weight is 1340 g/mol. The van der Waals surface area contributed by atoms with E-state index in [0.717, 1.165) is 22.3 Å². The van der Waals surface area contributed by atoms with E-state index in [1.807, 2.05) is 60.7 Å². The Morgan fingerprint density at radius 1 is 0.464 bits per heavy atom. The van der Waals surface area contributed by atoms with Crippen molar-refractivity contribution in [3.05, 3.63) is 156 Å². The quantitative estimate of drug-likeness (QED) is 0.0279. The standard InChI is InChI=1S/C68H90N16O13/c1-39(85)55-66(95)74-37-31-53(78-60(89)49(27-33-70)79-67(96)56(40(2)86)83-63(92)51(29-35-72)75-58(87)47-24-20-45(21-25-47)43-16-10-5-11-17-43)62(91)76-48(26-32-69)61(90)81-54(38-41-12-6-3-7-13-41)65(94)84-57(46-22-18-44(19-23-46)42-14-8-4-9-15-42)68(97)80-50(28-34-71)59(88)77-52(30-36-73)64(93)82-55/h3-25,39-40,48-57,85-86H,26-38,69-73H2,1-2H3,(H,74,95)(H,75,87)(H,76,91)(H,77,88)(H,78,89)(H,79,96)(H,80,97)(H,81,90)(H,82,93)(H,83,92)(H,84,94)/t39-,40-,48-,49+,50+,51+,52+,53+,54-,55+,56+,57?/m1/s1. The normalized spacial score (nSPS) is 21.0. The maximum atomic E-state index is 14.9. The summed E-state index contributed by atoms with van der Waals surface area (Å²) in [4.78, 5) is 157. The second kappa shape index (κ2) is 38.5. The maximum Gasteiger partial charge on any atom is 0.251 e. The van der Waals surface area contributed by atoms with Gasteiger partial charge in [0, 0.05) is 18.5 Å². The minimum Gasteiger partial charge on any atom is -0.391 e. The molecule has 0 aromatic heterocycles. The van der Waals surface area contributed by atoms with Gasteiger partial charge in [-0.1, -0.05) is 127 Å². The van der Waals surface area contributed by atoms with Crippen molar-refractivity contribution in [2.24, 2.45) is 28.7 Å². The first-order chi connectivity index (χ1) is 46.6. The molecule has 0 spiro atoms. The lowest BCUT2D eigenvalue weighted by Gasteiger charge is -2.29. The fraction of sp³-hybridized carbons (Fsp3) is 0.397. The molecule has 97 heavy (non-hydrogen) atoms. The monoisotopic (exact) mass is 1340 g/mol. The third-order valence-corrected chi connectivity index (χ3v) is 16.0. The van der Waals surface area contributed by atoms with E-state index in [9.17, 15) is 63.0 Å². The summed E-state index contributed by atoms with van der Waals surface area (Å²) in [5, 5.41) is 50.1. The molecule has 0 saturated carbocycles. The molecule has 12 atom stereocenters. The molecule has 1 unspecified atom stereocenters. The predicted octanol–water partition coefficient (Wildman–Crippen LogP) is -2.88. The number of amides is 11. The Balaban J connectivity index is 1.31. The minimum absolute atomic E-state index is 0.0870. The second-order valence-electron chi connectivity index (χ2n) is 23.4. The van der Waals surface area contributed by atoms with E-state index in [1.54, 1.807) is 78.9 Å². The number of carbonyl (C=O) groups excluding carboxylic acids is 11. The average Bonchev–Trinajstić information content (AvgIpc) is 0.950. The van der Waals surface area contributed by atoms with Gasteiger partial charge in [0.2, 0.25) is 59.1 Å². The van der Waals surface area contributed by atoms with E-state index >= 15 is 0 Å². The van der Waals surface area contributed by atoms with Gasteiger partial charge in [-0.05, 0) is 131 Å². The Bertz CT molecular complexity index is 3440. The van der Waals surface area contributed by atoms with Crippen LogP contribution in [0.2, 0.25) is 0 Å². The molecule has 1 fully saturated rings. The number of nitrogens with two attached hydrogens (primary N) is 5. The third-order valence-electron chi connectivity index (χ3n) is 16.0. The molecule has 0 aliphatic carbocycles. The van der Waals surface area contributed by atoms with E-state index in [-0.39, 0.29) is 82.4 Å². The summed E-state index contributed by atoms with van der Waals surface area (Å²) in [6.45, 7) is 0.984. The Morgan fingerprint density at radius 3 is 1.40 bits per heavy atom. The molecule has 1 saturated heterocycles. The lowest BCUT2D eigenvalue weighted by atomic mass is 9.98. The highest BCUT2D eigenvalue weighted by Gasteiger charge is 2.38. The minimum atomic E-state index is -1.76. The zero-order valence-corrected chi connectivity index (χ0v) is 54.2. The van der Waals surface area contributed by atoms with Crippen LogP contribution in [0.5, 0.6) is 0 Å². The van der Waals surface area contributed by atoms with Gasteiger partial charge in [-0.2, -0.15) is 0 Å². The lowest BCUT2D eigenvalue weighted by molar-refractivity contribution is -0.136. The SMILES string of the molecule is C[C@@H](O)[C@@H]1NC(=O)[C@H](CCN)NC(=O)[C@H](CCN)NC(=O)C(c2ccc(-c3ccccc3)cc2)NC(=O)[C@@H](Cc2ccccc2)NC(=O)[C@@H](CCN)NC(=O)[C@@H](NC(=O)[C@H](CCN)NC(=O)[C@@H](NC(=O)[C@H](CCN)NC(=O)c2ccc(-c3ccccc3)cc2)[C@@H](C)O)CCNC1=O. The van der Waals surface area contributed by atoms with E-state index in [2.05, 4.69) is 58.5 Å². The van der Waals surface area contributed by atoms with Gasteiger partial charge in [-0.3, -0.25) is 52.7 Å². The molecule has 5 aromatic rings. The Hall–Kier alpha value is -10.0. The fourth-order valence-electron chi connectivity index (χ4n) is 10.6. The summed E-state index contributed by atoms with van der Waals surface area (Å²) in [6, 6.07) is 24.8. The largest absolute Gasteiger partial charge is 0.391 e. The van der Waals surface area contributed by atoms with Crippen molar-refractivity contribution in [1.82, 2.24) is 58.5 Å². The van der Waals surface area contributed by atoms with Crippen molar-refractivity contribution in [2.75, 3.05) is 39.3 Å². The van der Waals surface area contributed by atoms with Crippen molar-refractivity contribution in [2.45, 2.75) is 131 Å². The molecule has 5 aromatic carbocycles. The second-order valence-corrected chi connectivity index (χ2v) is 23.4.